The van der Waals surface area contributed by atoms with Crippen molar-refractivity contribution in [2.45, 2.75) is 20.3 Å². The topological polar surface area (TPSA) is 95.8 Å². The lowest BCUT2D eigenvalue weighted by Gasteiger charge is -2.34. The zero-order valence-corrected chi connectivity index (χ0v) is 16.8. The van der Waals surface area contributed by atoms with Gasteiger partial charge in [-0.3, -0.25) is 19.4 Å². The summed E-state index contributed by atoms with van der Waals surface area (Å²) in [6, 6.07) is 6.43. The largest absolute Gasteiger partial charge is 0.459 e. The summed E-state index contributed by atoms with van der Waals surface area (Å²) < 4.78 is 5.15. The number of carbonyl (C=O) groups excluding carboxylic acids is 3. The van der Waals surface area contributed by atoms with Crippen LogP contribution in [0, 0.1) is 5.92 Å². The van der Waals surface area contributed by atoms with E-state index in [-0.39, 0.29) is 23.4 Å². The summed E-state index contributed by atoms with van der Waals surface area (Å²) in [5.41, 5.74) is 0.644. The van der Waals surface area contributed by atoms with Crippen LogP contribution in [-0.2, 0) is 0 Å². The molecule has 29 heavy (non-hydrogen) atoms. The summed E-state index contributed by atoms with van der Waals surface area (Å²) in [6.45, 7) is 6.45. The van der Waals surface area contributed by atoms with E-state index in [1.807, 2.05) is 0 Å². The zero-order valence-electron chi connectivity index (χ0n) is 16.8. The molecule has 0 aromatic carbocycles. The molecular weight excluding hydrogens is 372 g/mol. The molecule has 1 fully saturated rings. The lowest BCUT2D eigenvalue weighted by molar-refractivity contribution is 0.0518. The molecule has 2 aromatic heterocycles. The Morgan fingerprint density at radius 2 is 1.79 bits per heavy atom. The van der Waals surface area contributed by atoms with E-state index in [4.69, 9.17) is 4.42 Å². The van der Waals surface area contributed by atoms with Crippen LogP contribution < -0.4 is 5.32 Å². The van der Waals surface area contributed by atoms with Gasteiger partial charge in [0.2, 0.25) is 0 Å². The monoisotopic (exact) mass is 398 g/mol. The predicted octanol–water partition coefficient (Wildman–Crippen LogP) is 2.05. The van der Waals surface area contributed by atoms with Crippen molar-refractivity contribution in [3.05, 3.63) is 53.7 Å². The number of nitrogens with zero attached hydrogens (tertiary/aromatic N) is 3. The van der Waals surface area contributed by atoms with Gasteiger partial charge in [-0.1, -0.05) is 13.8 Å². The fourth-order valence-corrected chi connectivity index (χ4v) is 3.10. The summed E-state index contributed by atoms with van der Waals surface area (Å²) >= 11 is 0. The highest BCUT2D eigenvalue weighted by molar-refractivity contribution is 5.98. The molecule has 8 nitrogen and oxygen atoms in total. The summed E-state index contributed by atoms with van der Waals surface area (Å²) in [5, 5.41) is 2.83. The molecule has 0 saturated carbocycles. The third-order valence-corrected chi connectivity index (χ3v) is 4.83. The van der Waals surface area contributed by atoms with E-state index in [2.05, 4.69) is 24.1 Å². The number of carbonyl (C=O) groups is 3. The van der Waals surface area contributed by atoms with Crippen molar-refractivity contribution in [2.24, 2.45) is 5.92 Å². The van der Waals surface area contributed by atoms with Crippen LogP contribution in [0.2, 0.25) is 0 Å². The van der Waals surface area contributed by atoms with Crippen molar-refractivity contribution in [3.8, 4) is 0 Å². The minimum Gasteiger partial charge on any atom is -0.459 e. The maximum atomic E-state index is 12.8. The molecule has 1 aliphatic rings. The lowest BCUT2D eigenvalue weighted by atomic mass is 10.1. The molecule has 8 heteroatoms. The number of piperazine rings is 1. The second-order valence-electron chi connectivity index (χ2n) is 7.43. The fourth-order valence-electron chi connectivity index (χ4n) is 3.10. The Bertz CT molecular complexity index is 855. The molecule has 154 valence electrons. The Morgan fingerprint density at radius 1 is 1.10 bits per heavy atom. The van der Waals surface area contributed by atoms with E-state index >= 15 is 0 Å². The van der Waals surface area contributed by atoms with Gasteiger partial charge in [0.1, 0.15) is 5.69 Å². The van der Waals surface area contributed by atoms with Gasteiger partial charge >= 0.3 is 0 Å². The number of hydrogen-bond donors (Lipinski definition) is 1. The van der Waals surface area contributed by atoms with Crippen molar-refractivity contribution in [3.63, 3.8) is 0 Å². The quantitative estimate of drug-likeness (QED) is 0.803. The fraction of sp³-hybridized carbons (Fsp3) is 0.429. The number of amides is 3. The van der Waals surface area contributed by atoms with Crippen LogP contribution in [-0.4, -0.2) is 65.2 Å². The van der Waals surface area contributed by atoms with Crippen molar-refractivity contribution >= 4 is 17.7 Å². The normalized spacial score (nSPS) is 14.2. The van der Waals surface area contributed by atoms with E-state index in [0.29, 0.717) is 50.0 Å². The van der Waals surface area contributed by atoms with E-state index in [9.17, 15) is 14.4 Å². The molecule has 3 heterocycles. The number of rotatable bonds is 6. The van der Waals surface area contributed by atoms with Gasteiger partial charge in [0.15, 0.2) is 5.76 Å². The molecule has 3 rings (SSSR count). The van der Waals surface area contributed by atoms with Gasteiger partial charge in [0.05, 0.1) is 6.26 Å². The maximum absolute atomic E-state index is 12.8. The standard InChI is InChI=1S/C21H26N4O4/c1-15(2)5-7-23-19(26)17-14-16(6-8-22-17)20(27)24-9-11-25(12-10-24)21(28)18-4-3-13-29-18/h3-4,6,8,13-15H,5,7,9-12H2,1-2H3,(H,23,26). The van der Waals surface area contributed by atoms with Gasteiger partial charge in [0, 0.05) is 44.5 Å². The summed E-state index contributed by atoms with van der Waals surface area (Å²) in [5.74, 6) is 0.163. The van der Waals surface area contributed by atoms with Gasteiger partial charge in [-0.15, -0.1) is 0 Å². The minimum atomic E-state index is -0.283. The van der Waals surface area contributed by atoms with Crippen LogP contribution in [0.25, 0.3) is 0 Å². The average molecular weight is 398 g/mol. The smallest absolute Gasteiger partial charge is 0.289 e. The van der Waals surface area contributed by atoms with E-state index in [1.54, 1.807) is 28.0 Å². The van der Waals surface area contributed by atoms with Crippen LogP contribution in [0.3, 0.4) is 0 Å². The Labute approximate surface area is 169 Å². The third kappa shape index (κ3) is 5.22. The Kier molecular flexibility index (Phi) is 6.64. The van der Waals surface area contributed by atoms with Crippen LogP contribution >= 0.6 is 0 Å². The van der Waals surface area contributed by atoms with Gasteiger partial charge < -0.3 is 19.5 Å². The summed E-state index contributed by atoms with van der Waals surface area (Å²) in [6.07, 6.45) is 3.82. The molecule has 2 aromatic rings. The molecule has 1 N–H and O–H groups in total. The van der Waals surface area contributed by atoms with E-state index in [0.717, 1.165) is 6.42 Å². The molecule has 1 aliphatic heterocycles. The van der Waals surface area contributed by atoms with E-state index < -0.39 is 0 Å². The van der Waals surface area contributed by atoms with E-state index in [1.165, 1.54) is 18.5 Å². The van der Waals surface area contributed by atoms with Crippen molar-refractivity contribution in [2.75, 3.05) is 32.7 Å². The minimum absolute atomic E-state index is 0.172. The van der Waals surface area contributed by atoms with Crippen molar-refractivity contribution in [1.82, 2.24) is 20.1 Å². The number of hydrogen-bond acceptors (Lipinski definition) is 5. The average Bonchev–Trinajstić information content (AvgIpc) is 3.27. The molecule has 0 atom stereocenters. The first kappa shape index (κ1) is 20.6. The Morgan fingerprint density at radius 3 is 2.41 bits per heavy atom. The van der Waals surface area contributed by atoms with Gasteiger partial charge in [-0.2, -0.15) is 0 Å². The van der Waals surface area contributed by atoms with Crippen LogP contribution in [0.1, 0.15) is 51.7 Å². The first-order valence-corrected chi connectivity index (χ1v) is 9.82. The Balaban J connectivity index is 1.57. The highest BCUT2D eigenvalue weighted by Crippen LogP contribution is 2.13. The van der Waals surface area contributed by atoms with Crippen molar-refractivity contribution in [1.29, 1.82) is 0 Å². The molecule has 1 saturated heterocycles. The molecule has 3 amide bonds. The first-order valence-electron chi connectivity index (χ1n) is 9.82. The highest BCUT2D eigenvalue weighted by atomic mass is 16.3. The lowest BCUT2D eigenvalue weighted by Crippen LogP contribution is -2.50. The van der Waals surface area contributed by atoms with Crippen LogP contribution in [0.5, 0.6) is 0 Å². The number of pyridine rings is 1. The highest BCUT2D eigenvalue weighted by Gasteiger charge is 2.27. The van der Waals surface area contributed by atoms with Gasteiger partial charge in [0.25, 0.3) is 17.7 Å². The molecular formula is C21H26N4O4. The predicted molar refractivity (Wildman–Crippen MR) is 107 cm³/mol. The first-order chi connectivity index (χ1) is 14.0. The number of nitrogens with one attached hydrogen (secondary N) is 1. The second-order valence-corrected chi connectivity index (χ2v) is 7.43. The molecule has 0 radical (unpaired) electrons. The van der Waals surface area contributed by atoms with Gasteiger partial charge in [-0.05, 0) is 36.6 Å². The molecule has 0 bridgehead atoms. The molecule has 0 aliphatic carbocycles. The van der Waals surface area contributed by atoms with Crippen LogP contribution in [0.15, 0.2) is 41.1 Å². The Hall–Kier alpha value is -3.16. The second kappa shape index (κ2) is 9.36. The van der Waals surface area contributed by atoms with Crippen molar-refractivity contribution < 1.29 is 18.8 Å². The maximum Gasteiger partial charge on any atom is 0.289 e. The zero-order chi connectivity index (χ0) is 20.8. The summed E-state index contributed by atoms with van der Waals surface area (Å²) in [4.78, 5) is 44.8. The molecule has 0 unspecified atom stereocenters. The third-order valence-electron chi connectivity index (χ3n) is 4.83. The number of aromatic nitrogens is 1. The SMILES string of the molecule is CC(C)CCNC(=O)c1cc(C(=O)N2CCN(C(=O)c3ccco3)CC2)ccn1. The molecule has 0 spiro atoms. The summed E-state index contributed by atoms with van der Waals surface area (Å²) in [7, 11) is 0. The van der Waals surface area contributed by atoms with Gasteiger partial charge in [-0.25, -0.2) is 0 Å². The van der Waals surface area contributed by atoms with Crippen LogP contribution in [0.4, 0.5) is 0 Å². The number of furan rings is 1.